The molecule has 0 spiro atoms. The van der Waals surface area contributed by atoms with E-state index in [4.69, 9.17) is 5.11 Å². The normalized spacial score (nSPS) is 15.3. The first-order chi connectivity index (χ1) is 8.97. The zero-order valence-corrected chi connectivity index (χ0v) is 11.6. The van der Waals surface area contributed by atoms with Crippen LogP contribution in [0.3, 0.4) is 0 Å². The van der Waals surface area contributed by atoms with E-state index >= 15 is 0 Å². The van der Waals surface area contributed by atoms with Gasteiger partial charge in [-0.05, 0) is 17.9 Å². The van der Waals surface area contributed by atoms with Gasteiger partial charge in [-0.25, -0.2) is 0 Å². The maximum absolute atomic E-state index is 11.9. The molecule has 0 aliphatic carbocycles. The monoisotopic (exact) mass is 263 g/mol. The fraction of sp³-hybridized carbons (Fsp3) is 0.467. The van der Waals surface area contributed by atoms with Crippen LogP contribution in [0.15, 0.2) is 30.3 Å². The molecule has 0 aromatic heterocycles. The van der Waals surface area contributed by atoms with Gasteiger partial charge in [-0.3, -0.25) is 9.59 Å². The molecule has 104 valence electrons. The molecule has 0 saturated heterocycles. The van der Waals surface area contributed by atoms with E-state index in [2.05, 4.69) is 5.32 Å². The fourth-order valence-corrected chi connectivity index (χ4v) is 2.19. The summed E-state index contributed by atoms with van der Waals surface area (Å²) < 4.78 is 0. The summed E-state index contributed by atoms with van der Waals surface area (Å²) in [6.45, 7) is 3.60. The van der Waals surface area contributed by atoms with Gasteiger partial charge in [0.15, 0.2) is 0 Å². The van der Waals surface area contributed by atoms with Crippen molar-refractivity contribution in [3.8, 4) is 0 Å². The van der Waals surface area contributed by atoms with Crippen molar-refractivity contribution in [2.75, 3.05) is 7.05 Å². The molecule has 1 rings (SSSR count). The lowest BCUT2D eigenvalue weighted by Crippen LogP contribution is -2.35. The minimum absolute atomic E-state index is 0.144. The second-order valence-electron chi connectivity index (χ2n) is 4.90. The van der Waals surface area contributed by atoms with Crippen LogP contribution in [0.4, 0.5) is 0 Å². The molecule has 1 amide bonds. The summed E-state index contributed by atoms with van der Waals surface area (Å²) in [5.41, 5.74) is 1.12. The van der Waals surface area contributed by atoms with Crippen LogP contribution >= 0.6 is 0 Å². The Labute approximate surface area is 113 Å². The largest absolute Gasteiger partial charge is 0.481 e. The van der Waals surface area contributed by atoms with E-state index < -0.39 is 17.8 Å². The van der Waals surface area contributed by atoms with Crippen molar-refractivity contribution in [3.63, 3.8) is 0 Å². The molecule has 0 aliphatic rings. The number of hydrogen-bond acceptors (Lipinski definition) is 2. The molecular formula is C15H21NO3. The van der Waals surface area contributed by atoms with Crippen molar-refractivity contribution in [1.29, 1.82) is 0 Å². The molecule has 4 heteroatoms. The number of nitrogens with one attached hydrogen (secondary N) is 1. The predicted molar refractivity (Wildman–Crippen MR) is 73.8 cm³/mol. The highest BCUT2D eigenvalue weighted by Crippen LogP contribution is 2.27. The van der Waals surface area contributed by atoms with E-state index in [-0.39, 0.29) is 11.8 Å². The lowest BCUT2D eigenvalue weighted by Gasteiger charge is -2.23. The molecule has 0 heterocycles. The summed E-state index contributed by atoms with van der Waals surface area (Å²) >= 11 is 0. The number of rotatable bonds is 6. The number of aliphatic carboxylic acids is 1. The highest BCUT2D eigenvalue weighted by Gasteiger charge is 2.30. The van der Waals surface area contributed by atoms with Gasteiger partial charge in [-0.15, -0.1) is 0 Å². The Bertz CT molecular complexity index is 430. The fourth-order valence-electron chi connectivity index (χ4n) is 2.19. The van der Waals surface area contributed by atoms with Crippen LogP contribution in [-0.2, 0) is 9.59 Å². The molecule has 0 saturated carbocycles. The molecule has 3 atom stereocenters. The second-order valence-corrected chi connectivity index (χ2v) is 4.90. The van der Waals surface area contributed by atoms with Crippen LogP contribution in [0.2, 0.25) is 0 Å². The Balaban J connectivity index is 2.83. The van der Waals surface area contributed by atoms with Crippen LogP contribution in [-0.4, -0.2) is 24.0 Å². The summed E-state index contributed by atoms with van der Waals surface area (Å²) in [6.07, 6.45) is 0.525. The molecule has 0 radical (unpaired) electrons. The number of carbonyl (C=O) groups is 2. The van der Waals surface area contributed by atoms with Gasteiger partial charge in [0.2, 0.25) is 5.91 Å². The van der Waals surface area contributed by atoms with E-state index in [1.807, 2.05) is 37.3 Å². The Morgan fingerprint density at radius 1 is 1.21 bits per heavy atom. The quantitative estimate of drug-likeness (QED) is 0.827. The molecule has 2 N–H and O–H groups in total. The molecule has 0 aliphatic heterocycles. The van der Waals surface area contributed by atoms with E-state index in [1.54, 1.807) is 6.92 Å². The average Bonchev–Trinajstić information content (AvgIpc) is 2.43. The standard InChI is InChI=1S/C15H21NO3/c1-10(12-7-5-4-6-8-12)9-13(14(17)16-3)11(2)15(18)19/h4-8,10-11,13H,9H2,1-3H3,(H,16,17)(H,18,19). The SMILES string of the molecule is CNC(=O)C(CC(C)c1ccccc1)C(C)C(=O)O. The highest BCUT2D eigenvalue weighted by atomic mass is 16.4. The third kappa shape index (κ3) is 4.09. The smallest absolute Gasteiger partial charge is 0.307 e. The zero-order valence-electron chi connectivity index (χ0n) is 11.6. The predicted octanol–water partition coefficient (Wildman–Crippen LogP) is 2.26. The van der Waals surface area contributed by atoms with E-state index in [0.717, 1.165) is 5.56 Å². The van der Waals surface area contributed by atoms with Crippen molar-refractivity contribution in [2.45, 2.75) is 26.2 Å². The van der Waals surface area contributed by atoms with Gasteiger partial charge < -0.3 is 10.4 Å². The Morgan fingerprint density at radius 3 is 2.26 bits per heavy atom. The summed E-state index contributed by atoms with van der Waals surface area (Å²) in [4.78, 5) is 22.9. The average molecular weight is 263 g/mol. The van der Waals surface area contributed by atoms with Crippen molar-refractivity contribution in [1.82, 2.24) is 5.32 Å². The Kier molecular flexibility index (Phi) is 5.55. The molecule has 4 nitrogen and oxygen atoms in total. The minimum atomic E-state index is -0.936. The van der Waals surface area contributed by atoms with Crippen molar-refractivity contribution < 1.29 is 14.7 Å². The molecule has 3 unspecified atom stereocenters. The summed E-state index contributed by atoms with van der Waals surface area (Å²) in [5.74, 6) is -2.21. The third-order valence-corrected chi connectivity index (χ3v) is 3.55. The van der Waals surface area contributed by atoms with E-state index in [9.17, 15) is 9.59 Å². The first kappa shape index (κ1) is 15.2. The maximum atomic E-state index is 11.9. The molecule has 0 fully saturated rings. The first-order valence-electron chi connectivity index (χ1n) is 6.46. The second kappa shape index (κ2) is 6.92. The van der Waals surface area contributed by atoms with Crippen molar-refractivity contribution in [3.05, 3.63) is 35.9 Å². The number of carbonyl (C=O) groups excluding carboxylic acids is 1. The van der Waals surface area contributed by atoms with Crippen LogP contribution in [0, 0.1) is 11.8 Å². The van der Waals surface area contributed by atoms with Crippen LogP contribution in [0.5, 0.6) is 0 Å². The third-order valence-electron chi connectivity index (χ3n) is 3.55. The summed E-state index contributed by atoms with van der Waals surface area (Å²) in [5, 5.41) is 11.7. The number of carboxylic acids is 1. The maximum Gasteiger partial charge on any atom is 0.307 e. The summed E-state index contributed by atoms with van der Waals surface area (Å²) in [7, 11) is 1.54. The molecule has 1 aromatic rings. The summed E-state index contributed by atoms with van der Waals surface area (Å²) in [6, 6.07) is 9.82. The van der Waals surface area contributed by atoms with Crippen molar-refractivity contribution >= 4 is 11.9 Å². The highest BCUT2D eigenvalue weighted by molar-refractivity contribution is 5.84. The Morgan fingerprint density at radius 2 is 1.79 bits per heavy atom. The van der Waals surface area contributed by atoms with Gasteiger partial charge in [-0.1, -0.05) is 44.2 Å². The van der Waals surface area contributed by atoms with Crippen LogP contribution < -0.4 is 5.32 Å². The van der Waals surface area contributed by atoms with Gasteiger partial charge in [0, 0.05) is 7.05 Å². The lowest BCUT2D eigenvalue weighted by atomic mass is 9.82. The molecule has 19 heavy (non-hydrogen) atoms. The number of carboxylic acid groups (broad SMARTS) is 1. The first-order valence-corrected chi connectivity index (χ1v) is 6.46. The van der Waals surface area contributed by atoms with Gasteiger partial charge in [0.05, 0.1) is 11.8 Å². The van der Waals surface area contributed by atoms with Crippen molar-refractivity contribution in [2.24, 2.45) is 11.8 Å². The molecule has 0 bridgehead atoms. The minimum Gasteiger partial charge on any atom is -0.481 e. The topological polar surface area (TPSA) is 66.4 Å². The lowest BCUT2D eigenvalue weighted by molar-refractivity contribution is -0.146. The van der Waals surface area contributed by atoms with Gasteiger partial charge >= 0.3 is 5.97 Å². The zero-order chi connectivity index (χ0) is 14.4. The Hall–Kier alpha value is -1.84. The van der Waals surface area contributed by atoms with Gasteiger partial charge in [0.25, 0.3) is 0 Å². The number of hydrogen-bond donors (Lipinski definition) is 2. The molecule has 1 aromatic carbocycles. The van der Waals surface area contributed by atoms with Gasteiger partial charge in [0.1, 0.15) is 0 Å². The van der Waals surface area contributed by atoms with E-state index in [0.29, 0.717) is 6.42 Å². The molecular weight excluding hydrogens is 242 g/mol. The van der Waals surface area contributed by atoms with E-state index in [1.165, 1.54) is 7.05 Å². The number of amides is 1. The number of benzene rings is 1. The van der Waals surface area contributed by atoms with Gasteiger partial charge in [-0.2, -0.15) is 0 Å². The van der Waals surface area contributed by atoms with Crippen LogP contribution in [0.25, 0.3) is 0 Å². The van der Waals surface area contributed by atoms with Crippen LogP contribution in [0.1, 0.15) is 31.7 Å².